The molecule has 0 heterocycles. The van der Waals surface area contributed by atoms with Crippen molar-refractivity contribution in [1.29, 1.82) is 0 Å². The predicted molar refractivity (Wildman–Crippen MR) is 83.7 cm³/mol. The van der Waals surface area contributed by atoms with Crippen LogP contribution in [-0.4, -0.2) is 11.1 Å². The van der Waals surface area contributed by atoms with Gasteiger partial charge in [0.25, 0.3) is 0 Å². The largest absolute Gasteiger partial charge is 0.481 e. The molecule has 2 rings (SSSR count). The van der Waals surface area contributed by atoms with E-state index in [2.05, 4.69) is 55.5 Å². The van der Waals surface area contributed by atoms with Gasteiger partial charge >= 0.3 is 5.97 Å². The smallest absolute Gasteiger partial charge is 0.303 e. The van der Waals surface area contributed by atoms with Crippen LogP contribution < -0.4 is 0 Å². The number of carboxylic acid groups (broad SMARTS) is 1. The Morgan fingerprint density at radius 2 is 1.30 bits per heavy atom. The van der Waals surface area contributed by atoms with Gasteiger partial charge in [-0.25, -0.2) is 0 Å². The molecular formula is C18H22O2. The maximum atomic E-state index is 9.87. The molecule has 0 saturated carbocycles. The molecule has 0 atom stereocenters. The van der Waals surface area contributed by atoms with Crippen molar-refractivity contribution >= 4 is 5.97 Å². The second kappa shape index (κ2) is 9.79. The lowest BCUT2D eigenvalue weighted by Crippen LogP contribution is -1.92. The first-order valence-electron chi connectivity index (χ1n) is 7.06. The van der Waals surface area contributed by atoms with Crippen LogP contribution >= 0.6 is 0 Å². The highest BCUT2D eigenvalue weighted by Crippen LogP contribution is 2.17. The van der Waals surface area contributed by atoms with Crippen molar-refractivity contribution in [3.8, 4) is 11.1 Å². The topological polar surface area (TPSA) is 37.3 Å². The summed E-state index contributed by atoms with van der Waals surface area (Å²) in [6, 6.07) is 20.8. The summed E-state index contributed by atoms with van der Waals surface area (Å²) in [6.45, 7) is 2.06. The van der Waals surface area contributed by atoms with E-state index in [1.54, 1.807) is 0 Å². The summed E-state index contributed by atoms with van der Waals surface area (Å²) < 4.78 is 0. The van der Waals surface area contributed by atoms with Gasteiger partial charge in [-0.2, -0.15) is 0 Å². The quantitative estimate of drug-likeness (QED) is 0.776. The minimum absolute atomic E-state index is 0.327. The Labute approximate surface area is 121 Å². The van der Waals surface area contributed by atoms with Crippen LogP contribution in [0.25, 0.3) is 11.1 Å². The van der Waals surface area contributed by atoms with Crippen LogP contribution in [0.15, 0.2) is 60.7 Å². The Morgan fingerprint density at radius 1 is 0.850 bits per heavy atom. The molecule has 0 amide bonds. The zero-order valence-corrected chi connectivity index (χ0v) is 12.0. The summed E-state index contributed by atoms with van der Waals surface area (Å²) in [6.07, 6.45) is 3.28. The average Bonchev–Trinajstić information content (AvgIpc) is 2.50. The summed E-state index contributed by atoms with van der Waals surface area (Å²) in [7, 11) is 0. The van der Waals surface area contributed by atoms with Crippen LogP contribution in [0.1, 0.15) is 32.6 Å². The van der Waals surface area contributed by atoms with Crippen LogP contribution in [0, 0.1) is 0 Å². The number of unbranched alkanes of at least 4 members (excludes halogenated alkanes) is 2. The van der Waals surface area contributed by atoms with Crippen molar-refractivity contribution in [3.05, 3.63) is 60.7 Å². The number of benzene rings is 2. The summed E-state index contributed by atoms with van der Waals surface area (Å²) in [5, 5.41) is 8.14. The molecule has 0 spiro atoms. The molecule has 0 saturated heterocycles. The van der Waals surface area contributed by atoms with Crippen LogP contribution in [0.2, 0.25) is 0 Å². The Morgan fingerprint density at radius 3 is 1.65 bits per heavy atom. The van der Waals surface area contributed by atoms with Gasteiger partial charge in [0.05, 0.1) is 0 Å². The minimum atomic E-state index is -0.682. The van der Waals surface area contributed by atoms with Crippen LogP contribution in [0.3, 0.4) is 0 Å². The van der Waals surface area contributed by atoms with Crippen molar-refractivity contribution in [2.45, 2.75) is 32.6 Å². The first kappa shape index (κ1) is 16.0. The first-order valence-corrected chi connectivity index (χ1v) is 7.06. The van der Waals surface area contributed by atoms with Crippen molar-refractivity contribution in [1.82, 2.24) is 0 Å². The molecule has 0 bridgehead atoms. The van der Waals surface area contributed by atoms with Gasteiger partial charge in [0.1, 0.15) is 0 Å². The number of rotatable bonds is 5. The third-order valence-corrected chi connectivity index (χ3v) is 2.88. The van der Waals surface area contributed by atoms with E-state index in [1.807, 2.05) is 12.1 Å². The molecule has 2 aromatic carbocycles. The number of hydrogen-bond acceptors (Lipinski definition) is 1. The lowest BCUT2D eigenvalue weighted by molar-refractivity contribution is -0.137. The van der Waals surface area contributed by atoms with Gasteiger partial charge in [-0.15, -0.1) is 0 Å². The van der Waals surface area contributed by atoms with Crippen molar-refractivity contribution < 1.29 is 9.90 Å². The van der Waals surface area contributed by atoms with Crippen LogP contribution in [0.5, 0.6) is 0 Å². The van der Waals surface area contributed by atoms with Gasteiger partial charge in [-0.05, 0) is 17.5 Å². The van der Waals surface area contributed by atoms with Crippen molar-refractivity contribution in [2.24, 2.45) is 0 Å². The van der Waals surface area contributed by atoms with E-state index >= 15 is 0 Å². The summed E-state index contributed by atoms with van der Waals surface area (Å²) in [4.78, 5) is 9.87. The molecule has 0 fully saturated rings. The first-order chi connectivity index (χ1) is 9.74. The summed E-state index contributed by atoms with van der Waals surface area (Å²) in [5.74, 6) is -0.682. The fourth-order valence-electron chi connectivity index (χ4n) is 1.79. The Hall–Kier alpha value is -2.09. The fraction of sp³-hybridized carbons (Fsp3) is 0.278. The Balaban J connectivity index is 0.000000221. The summed E-state index contributed by atoms with van der Waals surface area (Å²) in [5.41, 5.74) is 2.55. The Bertz CT molecular complexity index is 440. The molecule has 0 aliphatic carbocycles. The molecule has 0 aromatic heterocycles. The molecule has 0 radical (unpaired) electrons. The monoisotopic (exact) mass is 270 g/mol. The molecule has 2 heteroatoms. The SMILES string of the molecule is CCCCCC(=O)O.c1ccc(-c2ccccc2)cc1. The molecule has 20 heavy (non-hydrogen) atoms. The lowest BCUT2D eigenvalue weighted by Gasteiger charge is -1.98. The normalized spacial score (nSPS) is 9.45. The van der Waals surface area contributed by atoms with Gasteiger partial charge < -0.3 is 5.11 Å². The van der Waals surface area contributed by atoms with E-state index in [0.29, 0.717) is 6.42 Å². The highest BCUT2D eigenvalue weighted by Gasteiger charge is 1.93. The second-order valence-electron chi connectivity index (χ2n) is 4.58. The average molecular weight is 270 g/mol. The Kier molecular flexibility index (Phi) is 7.82. The van der Waals surface area contributed by atoms with Crippen molar-refractivity contribution in [3.63, 3.8) is 0 Å². The van der Waals surface area contributed by atoms with Gasteiger partial charge in [0.2, 0.25) is 0 Å². The van der Waals surface area contributed by atoms with Crippen LogP contribution in [-0.2, 0) is 4.79 Å². The van der Waals surface area contributed by atoms with E-state index in [-0.39, 0.29) is 0 Å². The molecular weight excluding hydrogens is 248 g/mol. The highest BCUT2D eigenvalue weighted by atomic mass is 16.4. The standard InChI is InChI=1S/C12H10.C6H12O2/c1-3-7-11(8-4-1)12-9-5-2-6-10-12;1-2-3-4-5-6(7)8/h1-10H;2-5H2,1H3,(H,7,8). The molecule has 1 N–H and O–H groups in total. The van der Waals surface area contributed by atoms with Crippen molar-refractivity contribution in [2.75, 3.05) is 0 Å². The third-order valence-electron chi connectivity index (χ3n) is 2.88. The molecule has 0 aliphatic rings. The van der Waals surface area contributed by atoms with E-state index in [1.165, 1.54) is 11.1 Å². The molecule has 0 unspecified atom stereocenters. The van der Waals surface area contributed by atoms with Gasteiger partial charge in [0, 0.05) is 6.42 Å². The van der Waals surface area contributed by atoms with E-state index in [0.717, 1.165) is 19.3 Å². The van der Waals surface area contributed by atoms with Gasteiger partial charge in [-0.1, -0.05) is 80.4 Å². The second-order valence-corrected chi connectivity index (χ2v) is 4.58. The predicted octanol–water partition coefficient (Wildman–Crippen LogP) is 5.00. The number of aliphatic carboxylic acids is 1. The molecule has 106 valence electrons. The maximum absolute atomic E-state index is 9.87. The molecule has 2 aromatic rings. The van der Waals surface area contributed by atoms with E-state index in [4.69, 9.17) is 5.11 Å². The summed E-state index contributed by atoms with van der Waals surface area (Å²) >= 11 is 0. The zero-order chi connectivity index (χ0) is 14.6. The highest BCUT2D eigenvalue weighted by molar-refractivity contribution is 5.66. The zero-order valence-electron chi connectivity index (χ0n) is 12.0. The molecule has 2 nitrogen and oxygen atoms in total. The number of carbonyl (C=O) groups is 1. The lowest BCUT2D eigenvalue weighted by atomic mass is 10.1. The fourth-order valence-corrected chi connectivity index (χ4v) is 1.79. The molecule has 0 aliphatic heterocycles. The third kappa shape index (κ3) is 6.74. The minimum Gasteiger partial charge on any atom is -0.481 e. The van der Waals surface area contributed by atoms with E-state index < -0.39 is 5.97 Å². The van der Waals surface area contributed by atoms with Gasteiger partial charge in [0.15, 0.2) is 0 Å². The van der Waals surface area contributed by atoms with Gasteiger partial charge in [-0.3, -0.25) is 4.79 Å². The number of hydrogen-bond donors (Lipinski definition) is 1. The van der Waals surface area contributed by atoms with Crippen LogP contribution in [0.4, 0.5) is 0 Å². The maximum Gasteiger partial charge on any atom is 0.303 e. The van der Waals surface area contributed by atoms with E-state index in [9.17, 15) is 4.79 Å². The number of carboxylic acids is 1.